The summed E-state index contributed by atoms with van der Waals surface area (Å²) in [5.41, 5.74) is 2.82. The second-order valence-electron chi connectivity index (χ2n) is 6.96. The molecule has 1 fully saturated rings. The van der Waals surface area contributed by atoms with E-state index >= 15 is 0 Å². The lowest BCUT2D eigenvalue weighted by atomic mass is 9.88. The molecular formula is C22H27BrO. The van der Waals surface area contributed by atoms with E-state index < -0.39 is 0 Å². The van der Waals surface area contributed by atoms with Crippen LogP contribution in [0.2, 0.25) is 0 Å². The van der Waals surface area contributed by atoms with Gasteiger partial charge in [0.2, 0.25) is 0 Å². The third-order valence-electron chi connectivity index (χ3n) is 5.17. The first kappa shape index (κ1) is 17.7. The normalized spacial score (nSPS) is 27.1. The molecule has 4 atom stereocenters. The molecule has 2 heteroatoms. The van der Waals surface area contributed by atoms with Gasteiger partial charge in [-0.3, -0.25) is 0 Å². The highest BCUT2D eigenvalue weighted by Crippen LogP contribution is 2.34. The number of rotatable bonds is 6. The Morgan fingerprint density at radius 2 is 1.42 bits per heavy atom. The topological polar surface area (TPSA) is 9.23 Å². The summed E-state index contributed by atoms with van der Waals surface area (Å²) in [5.74, 6) is 0.571. The maximum absolute atomic E-state index is 6.48. The average molecular weight is 387 g/mol. The molecule has 128 valence electrons. The first-order valence-corrected chi connectivity index (χ1v) is 10.0. The molecule has 2 aromatic carbocycles. The van der Waals surface area contributed by atoms with Crippen LogP contribution in [0.1, 0.15) is 37.3 Å². The van der Waals surface area contributed by atoms with Gasteiger partial charge in [0.15, 0.2) is 0 Å². The zero-order chi connectivity index (χ0) is 16.8. The standard InChI is InChI=1S/C22H27BrO/c1-17-21(23)16-20(14-12-18-8-4-2-5-9-18)24-22(17)15-13-19-10-6-3-7-11-19/h2-11,17,20-22H,12-16H2,1H3/t17-,20+,21-,22-/m1/s1. The number of ether oxygens (including phenoxy) is 1. The zero-order valence-electron chi connectivity index (χ0n) is 14.4. The molecule has 0 unspecified atom stereocenters. The van der Waals surface area contributed by atoms with E-state index in [-0.39, 0.29) is 0 Å². The summed E-state index contributed by atoms with van der Waals surface area (Å²) in [7, 11) is 0. The van der Waals surface area contributed by atoms with Crippen LogP contribution in [0.25, 0.3) is 0 Å². The number of benzene rings is 2. The van der Waals surface area contributed by atoms with Gasteiger partial charge in [0, 0.05) is 4.83 Å². The molecule has 1 nitrogen and oxygen atoms in total. The Morgan fingerprint density at radius 3 is 2.00 bits per heavy atom. The van der Waals surface area contributed by atoms with Crippen LogP contribution in [-0.2, 0) is 17.6 Å². The Balaban J connectivity index is 1.53. The fraction of sp³-hybridized carbons (Fsp3) is 0.455. The van der Waals surface area contributed by atoms with Gasteiger partial charge in [-0.05, 0) is 49.1 Å². The van der Waals surface area contributed by atoms with Gasteiger partial charge in [-0.1, -0.05) is 83.5 Å². The number of hydrogen-bond acceptors (Lipinski definition) is 1. The molecule has 0 bridgehead atoms. The van der Waals surface area contributed by atoms with Gasteiger partial charge in [0.1, 0.15) is 0 Å². The van der Waals surface area contributed by atoms with Gasteiger partial charge < -0.3 is 4.74 Å². The molecule has 1 aliphatic rings. The van der Waals surface area contributed by atoms with Crippen LogP contribution in [0, 0.1) is 5.92 Å². The van der Waals surface area contributed by atoms with E-state index in [2.05, 4.69) is 83.5 Å². The molecule has 1 heterocycles. The lowest BCUT2D eigenvalue weighted by Crippen LogP contribution is -2.40. The monoisotopic (exact) mass is 386 g/mol. The van der Waals surface area contributed by atoms with Crippen molar-refractivity contribution in [2.24, 2.45) is 5.92 Å². The summed E-state index contributed by atoms with van der Waals surface area (Å²) in [6.45, 7) is 2.32. The number of aryl methyl sites for hydroxylation is 2. The van der Waals surface area contributed by atoms with E-state index in [1.165, 1.54) is 11.1 Å². The second kappa shape index (κ2) is 8.82. The highest BCUT2D eigenvalue weighted by molar-refractivity contribution is 9.09. The van der Waals surface area contributed by atoms with Crippen molar-refractivity contribution in [3.63, 3.8) is 0 Å². The number of alkyl halides is 1. The summed E-state index contributed by atoms with van der Waals surface area (Å²) < 4.78 is 6.48. The molecule has 0 amide bonds. The predicted molar refractivity (Wildman–Crippen MR) is 105 cm³/mol. The molecule has 0 radical (unpaired) electrons. The van der Waals surface area contributed by atoms with Gasteiger partial charge in [0.05, 0.1) is 12.2 Å². The number of halogens is 1. The van der Waals surface area contributed by atoms with E-state index in [1.54, 1.807) is 0 Å². The Morgan fingerprint density at radius 1 is 0.875 bits per heavy atom. The van der Waals surface area contributed by atoms with Crippen molar-refractivity contribution < 1.29 is 4.74 Å². The molecule has 3 rings (SSSR count). The Bertz CT molecular complexity index is 598. The molecule has 1 aliphatic heterocycles. The van der Waals surface area contributed by atoms with Gasteiger partial charge in [-0.2, -0.15) is 0 Å². The molecule has 0 N–H and O–H groups in total. The van der Waals surface area contributed by atoms with E-state index in [1.807, 2.05) is 0 Å². The molecule has 0 aliphatic carbocycles. The van der Waals surface area contributed by atoms with Crippen molar-refractivity contribution in [1.82, 2.24) is 0 Å². The van der Waals surface area contributed by atoms with E-state index in [0.29, 0.717) is 23.0 Å². The first-order valence-electron chi connectivity index (χ1n) is 9.10. The maximum atomic E-state index is 6.48. The Hall–Kier alpha value is -1.12. The summed E-state index contributed by atoms with van der Waals surface area (Å²) in [5, 5.41) is 0. The van der Waals surface area contributed by atoms with Crippen molar-refractivity contribution in [3.05, 3.63) is 71.8 Å². The lowest BCUT2D eigenvalue weighted by molar-refractivity contribution is -0.0799. The smallest absolute Gasteiger partial charge is 0.0618 e. The SMILES string of the molecule is C[C@@H]1[C@H](Br)C[C@H](CCc2ccccc2)O[C@@H]1CCc1ccccc1. The van der Waals surface area contributed by atoms with Crippen LogP contribution in [0.15, 0.2) is 60.7 Å². The molecule has 24 heavy (non-hydrogen) atoms. The van der Waals surface area contributed by atoms with Gasteiger partial charge >= 0.3 is 0 Å². The highest BCUT2D eigenvalue weighted by atomic mass is 79.9. The van der Waals surface area contributed by atoms with Crippen LogP contribution in [0.3, 0.4) is 0 Å². The van der Waals surface area contributed by atoms with E-state index in [9.17, 15) is 0 Å². The first-order chi connectivity index (χ1) is 11.7. The average Bonchev–Trinajstić information content (AvgIpc) is 2.63. The molecule has 0 saturated carbocycles. The second-order valence-corrected chi connectivity index (χ2v) is 8.13. The predicted octanol–water partition coefficient (Wildman–Crippen LogP) is 5.81. The minimum absolute atomic E-state index is 0.351. The third kappa shape index (κ3) is 4.94. The minimum Gasteiger partial charge on any atom is -0.375 e. The number of hydrogen-bond donors (Lipinski definition) is 0. The van der Waals surface area contributed by atoms with Crippen LogP contribution in [-0.4, -0.2) is 17.0 Å². The highest BCUT2D eigenvalue weighted by Gasteiger charge is 2.34. The van der Waals surface area contributed by atoms with Gasteiger partial charge in [-0.25, -0.2) is 0 Å². The van der Waals surface area contributed by atoms with Crippen molar-refractivity contribution in [2.45, 2.75) is 56.1 Å². The summed E-state index contributed by atoms with van der Waals surface area (Å²) in [6, 6.07) is 21.5. The maximum Gasteiger partial charge on any atom is 0.0618 e. The summed E-state index contributed by atoms with van der Waals surface area (Å²) >= 11 is 3.91. The van der Waals surface area contributed by atoms with E-state index in [0.717, 1.165) is 32.1 Å². The quantitative estimate of drug-likeness (QED) is 0.569. The van der Waals surface area contributed by atoms with E-state index in [4.69, 9.17) is 4.74 Å². The van der Waals surface area contributed by atoms with Crippen LogP contribution in [0.4, 0.5) is 0 Å². The molecular weight excluding hydrogens is 360 g/mol. The summed E-state index contributed by atoms with van der Waals surface area (Å²) in [4.78, 5) is 0.563. The zero-order valence-corrected chi connectivity index (χ0v) is 16.0. The van der Waals surface area contributed by atoms with Gasteiger partial charge in [-0.15, -0.1) is 0 Å². The Kier molecular flexibility index (Phi) is 6.51. The largest absolute Gasteiger partial charge is 0.375 e. The van der Waals surface area contributed by atoms with Crippen molar-refractivity contribution >= 4 is 15.9 Å². The van der Waals surface area contributed by atoms with Crippen molar-refractivity contribution in [1.29, 1.82) is 0 Å². The minimum atomic E-state index is 0.351. The molecule has 0 spiro atoms. The fourth-order valence-electron chi connectivity index (χ4n) is 3.57. The Labute approximate surface area is 154 Å². The molecule has 1 saturated heterocycles. The van der Waals surface area contributed by atoms with Crippen LogP contribution < -0.4 is 0 Å². The van der Waals surface area contributed by atoms with Gasteiger partial charge in [0.25, 0.3) is 0 Å². The fourth-order valence-corrected chi connectivity index (χ4v) is 4.33. The van der Waals surface area contributed by atoms with Crippen LogP contribution >= 0.6 is 15.9 Å². The lowest BCUT2D eigenvalue weighted by Gasteiger charge is -2.38. The van der Waals surface area contributed by atoms with Crippen molar-refractivity contribution in [2.75, 3.05) is 0 Å². The summed E-state index contributed by atoms with van der Waals surface area (Å²) in [6.07, 6.45) is 6.26. The third-order valence-corrected chi connectivity index (χ3v) is 6.38. The van der Waals surface area contributed by atoms with Crippen molar-refractivity contribution in [3.8, 4) is 0 Å². The van der Waals surface area contributed by atoms with Crippen LogP contribution in [0.5, 0.6) is 0 Å². The molecule has 2 aromatic rings. The molecule has 0 aromatic heterocycles.